The molecule has 3 atom stereocenters. The molecule has 1 aliphatic heterocycles. The molecular formula is C21H20BrNO2. The van der Waals surface area contributed by atoms with E-state index >= 15 is 0 Å². The highest BCUT2D eigenvalue weighted by Gasteiger charge is 2.39. The quantitative estimate of drug-likeness (QED) is 0.664. The smallest absolute Gasteiger partial charge is 0.120 e. The first-order valence-corrected chi connectivity index (χ1v) is 9.26. The molecule has 25 heavy (non-hydrogen) atoms. The maximum Gasteiger partial charge on any atom is 0.120 e. The lowest BCUT2D eigenvalue weighted by molar-refractivity contribution is 0.360. The average Bonchev–Trinajstić information content (AvgIpc) is 3.11. The summed E-state index contributed by atoms with van der Waals surface area (Å²) in [6.45, 7) is 4.20. The van der Waals surface area contributed by atoms with Gasteiger partial charge in [-0.15, -0.1) is 0 Å². The maximum atomic E-state index is 10.4. The van der Waals surface area contributed by atoms with Crippen LogP contribution >= 0.6 is 15.9 Å². The van der Waals surface area contributed by atoms with Crippen molar-refractivity contribution in [1.82, 2.24) is 0 Å². The maximum absolute atomic E-state index is 10.4. The second-order valence-corrected chi connectivity index (χ2v) is 7.44. The largest absolute Gasteiger partial charge is 0.508 e. The van der Waals surface area contributed by atoms with Crippen LogP contribution < -0.4 is 10.1 Å². The van der Waals surface area contributed by atoms with Gasteiger partial charge in [0.05, 0.1) is 6.04 Å². The second kappa shape index (κ2) is 6.60. The number of ether oxygens (including phenoxy) is 1. The van der Waals surface area contributed by atoms with Crippen LogP contribution in [0.15, 0.2) is 65.7 Å². The van der Waals surface area contributed by atoms with Gasteiger partial charge in [-0.1, -0.05) is 40.7 Å². The Kier molecular flexibility index (Phi) is 4.30. The molecule has 3 unspecified atom stereocenters. The van der Waals surface area contributed by atoms with Crippen LogP contribution in [0.4, 0.5) is 5.69 Å². The van der Waals surface area contributed by atoms with Crippen molar-refractivity contribution in [3.05, 3.63) is 76.8 Å². The number of aromatic hydroxyl groups is 1. The van der Waals surface area contributed by atoms with Gasteiger partial charge in [-0.05, 0) is 54.3 Å². The number of hydrogen-bond acceptors (Lipinski definition) is 3. The highest BCUT2D eigenvalue weighted by molar-refractivity contribution is 9.10. The summed E-state index contributed by atoms with van der Waals surface area (Å²) in [5.74, 6) is 1.90. The third-order valence-electron chi connectivity index (χ3n) is 5.03. The van der Waals surface area contributed by atoms with E-state index in [4.69, 9.17) is 4.74 Å². The lowest BCUT2D eigenvalue weighted by atomic mass is 9.77. The Morgan fingerprint density at radius 1 is 1.24 bits per heavy atom. The first-order valence-electron chi connectivity index (χ1n) is 8.46. The Bertz CT molecular complexity index is 846. The molecule has 0 radical (unpaired) electrons. The SMILES string of the molecule is C=CCOc1ccc2c(c1)C1C=CCC1C(c1cc(Br)ccc1O)N2. The minimum Gasteiger partial charge on any atom is -0.508 e. The van der Waals surface area contributed by atoms with Crippen molar-refractivity contribution in [2.45, 2.75) is 18.4 Å². The van der Waals surface area contributed by atoms with E-state index < -0.39 is 0 Å². The highest BCUT2D eigenvalue weighted by atomic mass is 79.9. The summed E-state index contributed by atoms with van der Waals surface area (Å²) < 4.78 is 6.68. The van der Waals surface area contributed by atoms with Crippen LogP contribution in [-0.2, 0) is 0 Å². The Hall–Kier alpha value is -2.20. The van der Waals surface area contributed by atoms with Crippen molar-refractivity contribution >= 4 is 21.6 Å². The van der Waals surface area contributed by atoms with E-state index in [-0.39, 0.29) is 6.04 Å². The summed E-state index contributed by atoms with van der Waals surface area (Å²) >= 11 is 3.52. The van der Waals surface area contributed by atoms with Gasteiger partial charge in [0.2, 0.25) is 0 Å². The van der Waals surface area contributed by atoms with Crippen molar-refractivity contribution in [3.8, 4) is 11.5 Å². The summed E-state index contributed by atoms with van der Waals surface area (Å²) in [4.78, 5) is 0. The summed E-state index contributed by atoms with van der Waals surface area (Å²) in [7, 11) is 0. The Morgan fingerprint density at radius 3 is 2.96 bits per heavy atom. The molecule has 4 rings (SSSR count). The standard InChI is InChI=1S/C21H20BrNO2/c1-2-10-25-14-7-8-19-17(12-14)15-4-3-5-16(15)21(23-19)18-11-13(22)6-9-20(18)24/h2-4,6-9,11-12,15-16,21,23-24H,1,5,10H2. The van der Waals surface area contributed by atoms with Crippen LogP contribution in [0.2, 0.25) is 0 Å². The number of fused-ring (bicyclic) bond motifs is 3. The van der Waals surface area contributed by atoms with Gasteiger partial charge < -0.3 is 15.2 Å². The number of nitrogens with one attached hydrogen (secondary N) is 1. The highest BCUT2D eigenvalue weighted by Crippen LogP contribution is 2.51. The number of phenols is 1. The molecule has 128 valence electrons. The van der Waals surface area contributed by atoms with Gasteiger partial charge in [-0.3, -0.25) is 0 Å². The third-order valence-corrected chi connectivity index (χ3v) is 5.52. The van der Waals surface area contributed by atoms with Crippen LogP contribution in [0.25, 0.3) is 0 Å². The Morgan fingerprint density at radius 2 is 2.12 bits per heavy atom. The molecule has 0 aromatic heterocycles. The molecule has 1 heterocycles. The van der Waals surface area contributed by atoms with Gasteiger partial charge in [0.1, 0.15) is 18.1 Å². The van der Waals surface area contributed by atoms with Crippen molar-refractivity contribution in [1.29, 1.82) is 0 Å². The van der Waals surface area contributed by atoms with E-state index in [1.165, 1.54) is 5.56 Å². The van der Waals surface area contributed by atoms with Crippen molar-refractivity contribution in [2.75, 3.05) is 11.9 Å². The monoisotopic (exact) mass is 397 g/mol. The fourth-order valence-corrected chi connectivity index (χ4v) is 4.28. The molecule has 0 saturated heterocycles. The summed E-state index contributed by atoms with van der Waals surface area (Å²) in [5, 5.41) is 14.0. The van der Waals surface area contributed by atoms with Crippen LogP contribution in [0.1, 0.15) is 29.5 Å². The van der Waals surface area contributed by atoms with Gasteiger partial charge in [0.25, 0.3) is 0 Å². The van der Waals surface area contributed by atoms with E-state index in [1.54, 1.807) is 12.1 Å². The molecule has 2 N–H and O–H groups in total. The van der Waals surface area contributed by atoms with Crippen molar-refractivity contribution in [3.63, 3.8) is 0 Å². The van der Waals surface area contributed by atoms with E-state index in [0.717, 1.165) is 27.9 Å². The lowest BCUT2D eigenvalue weighted by Gasteiger charge is -2.38. The van der Waals surface area contributed by atoms with E-state index in [0.29, 0.717) is 24.2 Å². The molecule has 3 nitrogen and oxygen atoms in total. The summed E-state index contributed by atoms with van der Waals surface area (Å²) in [6, 6.07) is 11.9. The van der Waals surface area contributed by atoms with Gasteiger partial charge in [-0.25, -0.2) is 0 Å². The Balaban J connectivity index is 1.73. The molecule has 2 aromatic carbocycles. The second-order valence-electron chi connectivity index (χ2n) is 6.53. The van der Waals surface area contributed by atoms with E-state index in [2.05, 4.69) is 52.1 Å². The normalized spacial score (nSPS) is 23.5. The zero-order chi connectivity index (χ0) is 17.4. The van der Waals surface area contributed by atoms with Crippen molar-refractivity contribution in [2.24, 2.45) is 5.92 Å². The molecule has 1 aliphatic carbocycles. The number of phenolic OH excluding ortho intramolecular Hbond substituents is 1. The molecule has 0 saturated carbocycles. The van der Waals surface area contributed by atoms with Crippen LogP contribution in [-0.4, -0.2) is 11.7 Å². The summed E-state index contributed by atoms with van der Waals surface area (Å²) in [6.07, 6.45) is 7.27. The number of allylic oxidation sites excluding steroid dienone is 2. The predicted octanol–water partition coefficient (Wildman–Crippen LogP) is 5.55. The number of rotatable bonds is 4. The molecule has 2 aromatic rings. The van der Waals surface area contributed by atoms with Crippen LogP contribution in [0.3, 0.4) is 0 Å². The van der Waals surface area contributed by atoms with Crippen molar-refractivity contribution < 1.29 is 9.84 Å². The predicted molar refractivity (Wildman–Crippen MR) is 104 cm³/mol. The third kappa shape index (κ3) is 2.95. The number of benzene rings is 2. The van der Waals surface area contributed by atoms with Crippen LogP contribution in [0.5, 0.6) is 11.5 Å². The molecule has 0 amide bonds. The zero-order valence-electron chi connectivity index (χ0n) is 13.8. The van der Waals surface area contributed by atoms with E-state index in [1.807, 2.05) is 18.2 Å². The molecule has 0 fully saturated rings. The first-order chi connectivity index (χ1) is 12.2. The fourth-order valence-electron chi connectivity index (χ4n) is 3.90. The number of halogens is 1. The van der Waals surface area contributed by atoms with Gasteiger partial charge in [0.15, 0.2) is 0 Å². The number of hydrogen-bond donors (Lipinski definition) is 2. The zero-order valence-corrected chi connectivity index (χ0v) is 15.4. The minimum absolute atomic E-state index is 0.0740. The molecule has 4 heteroatoms. The molecule has 2 aliphatic rings. The lowest BCUT2D eigenvalue weighted by Crippen LogP contribution is -2.29. The van der Waals surface area contributed by atoms with Crippen LogP contribution in [0, 0.1) is 5.92 Å². The van der Waals surface area contributed by atoms with Gasteiger partial charge in [-0.2, -0.15) is 0 Å². The van der Waals surface area contributed by atoms with Gasteiger partial charge in [0, 0.05) is 21.6 Å². The van der Waals surface area contributed by atoms with Gasteiger partial charge >= 0.3 is 0 Å². The van der Waals surface area contributed by atoms with E-state index in [9.17, 15) is 5.11 Å². The Labute approximate surface area is 156 Å². The average molecular weight is 398 g/mol. The topological polar surface area (TPSA) is 41.5 Å². The molecule has 0 bridgehead atoms. The fraction of sp³-hybridized carbons (Fsp3) is 0.238. The number of anilines is 1. The summed E-state index contributed by atoms with van der Waals surface area (Å²) in [5.41, 5.74) is 3.29. The minimum atomic E-state index is 0.0740. The molecular weight excluding hydrogens is 378 g/mol. The molecule has 0 spiro atoms. The first kappa shape index (κ1) is 16.3.